The highest BCUT2D eigenvalue weighted by Gasteiger charge is 2.31. The van der Waals surface area contributed by atoms with E-state index in [2.05, 4.69) is 0 Å². The van der Waals surface area contributed by atoms with Gasteiger partial charge >= 0.3 is 5.76 Å². The van der Waals surface area contributed by atoms with Gasteiger partial charge in [-0.1, -0.05) is 0 Å². The molecule has 0 spiro atoms. The number of aryl methyl sites for hydroxylation is 1. The largest absolute Gasteiger partial charge is 0.497 e. The molecule has 2 heterocycles. The molecule has 11 heteroatoms. The van der Waals surface area contributed by atoms with Crippen molar-refractivity contribution in [1.82, 2.24) is 13.8 Å². The Labute approximate surface area is 184 Å². The van der Waals surface area contributed by atoms with Crippen molar-refractivity contribution in [3.8, 4) is 11.5 Å². The molecule has 1 aliphatic heterocycles. The SMILES string of the molecule is COc1ccc(C(=O)N2CCN(S(=O)(=O)c3ccc4c(c3)oc(=O)n4C)CC2)c(OC)c1. The molecule has 1 amide bonds. The third kappa shape index (κ3) is 3.73. The van der Waals surface area contributed by atoms with Crippen LogP contribution in [0.3, 0.4) is 0 Å². The Morgan fingerprint density at radius 2 is 1.72 bits per heavy atom. The summed E-state index contributed by atoms with van der Waals surface area (Å²) >= 11 is 0. The van der Waals surface area contributed by atoms with Gasteiger partial charge in [0.1, 0.15) is 11.5 Å². The maximum atomic E-state index is 13.1. The van der Waals surface area contributed by atoms with Crippen LogP contribution in [0.25, 0.3) is 11.1 Å². The molecule has 0 N–H and O–H groups in total. The predicted molar refractivity (Wildman–Crippen MR) is 116 cm³/mol. The van der Waals surface area contributed by atoms with Crippen LogP contribution in [0.1, 0.15) is 10.4 Å². The first-order chi connectivity index (χ1) is 15.3. The summed E-state index contributed by atoms with van der Waals surface area (Å²) in [5, 5.41) is 0. The molecule has 2 aromatic carbocycles. The molecule has 1 fully saturated rings. The number of carbonyl (C=O) groups excluding carboxylic acids is 1. The number of amides is 1. The first-order valence-electron chi connectivity index (χ1n) is 9.87. The van der Waals surface area contributed by atoms with Gasteiger partial charge in [-0.15, -0.1) is 0 Å². The van der Waals surface area contributed by atoms with Crippen molar-refractivity contribution in [3.05, 3.63) is 52.5 Å². The van der Waals surface area contributed by atoms with Gasteiger partial charge in [-0.25, -0.2) is 13.2 Å². The van der Waals surface area contributed by atoms with Crippen LogP contribution in [0.15, 0.2) is 50.5 Å². The van der Waals surface area contributed by atoms with Gasteiger partial charge in [-0.05, 0) is 24.3 Å². The second-order valence-electron chi connectivity index (χ2n) is 7.32. The highest BCUT2D eigenvalue weighted by atomic mass is 32.2. The Kier molecular flexibility index (Phi) is 5.70. The number of sulfonamides is 1. The monoisotopic (exact) mass is 461 g/mol. The lowest BCUT2D eigenvalue weighted by atomic mass is 10.1. The van der Waals surface area contributed by atoms with Crippen LogP contribution in [0.2, 0.25) is 0 Å². The quantitative estimate of drug-likeness (QED) is 0.563. The Morgan fingerprint density at radius 1 is 1.00 bits per heavy atom. The van der Waals surface area contributed by atoms with E-state index < -0.39 is 15.8 Å². The van der Waals surface area contributed by atoms with Crippen molar-refractivity contribution in [2.45, 2.75) is 4.90 Å². The molecule has 3 aromatic rings. The summed E-state index contributed by atoms with van der Waals surface area (Å²) in [5.74, 6) is 0.159. The summed E-state index contributed by atoms with van der Waals surface area (Å²) in [6.45, 7) is 0.748. The van der Waals surface area contributed by atoms with Gasteiger partial charge in [0.25, 0.3) is 5.91 Å². The maximum Gasteiger partial charge on any atom is 0.419 e. The summed E-state index contributed by atoms with van der Waals surface area (Å²) in [6, 6.07) is 9.29. The molecule has 32 heavy (non-hydrogen) atoms. The minimum absolute atomic E-state index is 0.0379. The lowest BCUT2D eigenvalue weighted by molar-refractivity contribution is 0.0694. The smallest absolute Gasteiger partial charge is 0.419 e. The van der Waals surface area contributed by atoms with Gasteiger partial charge in [0.2, 0.25) is 10.0 Å². The molecule has 0 aliphatic carbocycles. The van der Waals surface area contributed by atoms with Crippen molar-refractivity contribution >= 4 is 27.0 Å². The van der Waals surface area contributed by atoms with E-state index in [4.69, 9.17) is 13.9 Å². The van der Waals surface area contributed by atoms with Crippen molar-refractivity contribution in [3.63, 3.8) is 0 Å². The molecular formula is C21H23N3O7S. The van der Waals surface area contributed by atoms with Crippen molar-refractivity contribution in [2.75, 3.05) is 40.4 Å². The van der Waals surface area contributed by atoms with Crippen LogP contribution in [0, 0.1) is 0 Å². The van der Waals surface area contributed by atoms with E-state index in [0.717, 1.165) is 0 Å². The fraction of sp³-hybridized carbons (Fsp3) is 0.333. The number of rotatable bonds is 5. The van der Waals surface area contributed by atoms with Crippen LogP contribution >= 0.6 is 0 Å². The Hall–Kier alpha value is -3.31. The fourth-order valence-corrected chi connectivity index (χ4v) is 5.14. The van der Waals surface area contributed by atoms with E-state index in [1.807, 2.05) is 0 Å². The third-order valence-corrected chi connectivity index (χ3v) is 7.46. The molecule has 0 bridgehead atoms. The normalized spacial score (nSPS) is 15.2. The number of methoxy groups -OCH3 is 2. The number of carbonyl (C=O) groups is 1. The number of benzene rings is 2. The lowest BCUT2D eigenvalue weighted by Gasteiger charge is -2.34. The topological polar surface area (TPSA) is 111 Å². The molecule has 170 valence electrons. The second kappa shape index (κ2) is 8.32. The van der Waals surface area contributed by atoms with E-state index >= 15 is 0 Å². The number of ether oxygens (including phenoxy) is 2. The predicted octanol–water partition coefficient (Wildman–Crippen LogP) is 1.30. The van der Waals surface area contributed by atoms with E-state index in [1.54, 1.807) is 36.2 Å². The highest BCUT2D eigenvalue weighted by molar-refractivity contribution is 7.89. The average Bonchev–Trinajstić information content (AvgIpc) is 3.11. The minimum atomic E-state index is -3.81. The Bertz CT molecular complexity index is 1340. The summed E-state index contributed by atoms with van der Waals surface area (Å²) < 4.78 is 44.4. The zero-order chi connectivity index (χ0) is 23.0. The molecule has 1 saturated heterocycles. The molecule has 4 rings (SSSR count). The number of fused-ring (bicyclic) bond motifs is 1. The van der Waals surface area contributed by atoms with Crippen LogP contribution in [-0.4, -0.2) is 68.5 Å². The van der Waals surface area contributed by atoms with Crippen molar-refractivity contribution in [2.24, 2.45) is 7.05 Å². The Balaban J connectivity index is 1.51. The maximum absolute atomic E-state index is 13.1. The first kappa shape index (κ1) is 21.9. The van der Waals surface area contributed by atoms with Gasteiger partial charge < -0.3 is 18.8 Å². The van der Waals surface area contributed by atoms with Crippen molar-refractivity contribution < 1.29 is 27.1 Å². The van der Waals surface area contributed by atoms with Crippen LogP contribution < -0.4 is 15.2 Å². The van der Waals surface area contributed by atoms with Gasteiger partial charge in [0.15, 0.2) is 5.58 Å². The number of hydrogen-bond acceptors (Lipinski definition) is 7. The zero-order valence-corrected chi connectivity index (χ0v) is 18.7. The molecule has 10 nitrogen and oxygen atoms in total. The molecular weight excluding hydrogens is 438 g/mol. The van der Waals surface area contributed by atoms with Gasteiger partial charge in [0, 0.05) is 45.4 Å². The van der Waals surface area contributed by atoms with Gasteiger partial charge in [0.05, 0.1) is 30.2 Å². The molecule has 0 unspecified atom stereocenters. The standard InChI is InChI=1S/C21H23N3O7S/c1-22-17-7-5-15(13-19(17)31-21(22)26)32(27,28)24-10-8-23(9-11-24)20(25)16-6-4-14(29-2)12-18(16)30-3/h4-7,12-13H,8-11H2,1-3H3. The zero-order valence-electron chi connectivity index (χ0n) is 17.9. The highest BCUT2D eigenvalue weighted by Crippen LogP contribution is 2.27. The summed E-state index contributed by atoms with van der Waals surface area (Å²) in [4.78, 5) is 26.3. The molecule has 1 aliphatic rings. The first-order valence-corrected chi connectivity index (χ1v) is 11.3. The number of oxazole rings is 1. The second-order valence-corrected chi connectivity index (χ2v) is 9.26. The number of aromatic nitrogens is 1. The van der Waals surface area contributed by atoms with E-state index in [-0.39, 0.29) is 42.6 Å². The summed E-state index contributed by atoms with van der Waals surface area (Å²) in [7, 11) is 0.743. The van der Waals surface area contributed by atoms with E-state index in [0.29, 0.717) is 22.6 Å². The van der Waals surface area contributed by atoms with Crippen LogP contribution in [0.4, 0.5) is 0 Å². The van der Waals surface area contributed by atoms with Crippen molar-refractivity contribution in [1.29, 1.82) is 0 Å². The molecule has 1 aromatic heterocycles. The average molecular weight is 461 g/mol. The van der Waals surface area contributed by atoms with Crippen LogP contribution in [-0.2, 0) is 17.1 Å². The fourth-order valence-electron chi connectivity index (χ4n) is 3.70. The molecule has 0 atom stereocenters. The lowest BCUT2D eigenvalue weighted by Crippen LogP contribution is -2.50. The van der Waals surface area contributed by atoms with E-state index in [9.17, 15) is 18.0 Å². The summed E-state index contributed by atoms with van der Waals surface area (Å²) in [6.07, 6.45) is 0. The molecule has 0 saturated carbocycles. The molecule has 0 radical (unpaired) electrons. The van der Waals surface area contributed by atoms with Gasteiger partial charge in [-0.2, -0.15) is 4.31 Å². The van der Waals surface area contributed by atoms with Gasteiger partial charge in [-0.3, -0.25) is 9.36 Å². The van der Waals surface area contributed by atoms with Crippen LogP contribution in [0.5, 0.6) is 11.5 Å². The number of nitrogens with zero attached hydrogens (tertiary/aromatic N) is 3. The minimum Gasteiger partial charge on any atom is -0.497 e. The third-order valence-electron chi connectivity index (χ3n) is 5.57. The Morgan fingerprint density at radius 3 is 2.38 bits per heavy atom. The number of piperazine rings is 1. The van der Waals surface area contributed by atoms with E-state index in [1.165, 1.54) is 35.2 Å². The number of hydrogen-bond donors (Lipinski definition) is 0. The summed E-state index contributed by atoms with van der Waals surface area (Å²) in [5.41, 5.74) is 1.10.